The van der Waals surface area contributed by atoms with Crippen molar-refractivity contribution >= 4 is 26.6 Å². The number of fused-ring (bicyclic) bond motifs is 1. The Morgan fingerprint density at radius 3 is 2.32 bits per heavy atom. The van der Waals surface area contributed by atoms with Gasteiger partial charge in [-0.25, -0.2) is 8.42 Å². The highest BCUT2D eigenvalue weighted by molar-refractivity contribution is 7.89. The molecule has 7 nitrogen and oxygen atoms in total. The molecule has 1 fully saturated rings. The van der Waals surface area contributed by atoms with Crippen LogP contribution >= 0.6 is 0 Å². The fourth-order valence-electron chi connectivity index (χ4n) is 3.42. The van der Waals surface area contributed by atoms with Gasteiger partial charge in [0, 0.05) is 43.4 Å². The summed E-state index contributed by atoms with van der Waals surface area (Å²) in [5.74, 6) is 0.794. The minimum absolute atomic E-state index is 0.210. The Morgan fingerprint density at radius 2 is 1.64 bits per heavy atom. The lowest BCUT2D eigenvalue weighted by Gasteiger charge is -2.35. The van der Waals surface area contributed by atoms with Crippen LogP contribution < -0.4 is 15.2 Å². The van der Waals surface area contributed by atoms with E-state index in [1.54, 1.807) is 31.4 Å². The Morgan fingerprint density at radius 1 is 0.929 bits per heavy atom. The first-order valence-corrected chi connectivity index (χ1v) is 10.4. The van der Waals surface area contributed by atoms with Crippen molar-refractivity contribution in [2.24, 2.45) is 0 Å². The summed E-state index contributed by atoms with van der Waals surface area (Å²) in [5, 5.41) is 0.692. The van der Waals surface area contributed by atoms with E-state index in [-0.39, 0.29) is 10.5 Å². The molecule has 0 aliphatic carbocycles. The van der Waals surface area contributed by atoms with E-state index in [1.165, 1.54) is 10.4 Å². The van der Waals surface area contributed by atoms with Crippen LogP contribution in [0.15, 0.2) is 64.3 Å². The molecule has 0 bridgehead atoms. The molecule has 0 unspecified atom stereocenters. The summed E-state index contributed by atoms with van der Waals surface area (Å²) in [5.41, 5.74) is 1.46. The molecule has 1 saturated heterocycles. The highest BCUT2D eigenvalue weighted by Crippen LogP contribution is 2.24. The first-order valence-electron chi connectivity index (χ1n) is 9.00. The molecule has 28 heavy (non-hydrogen) atoms. The third kappa shape index (κ3) is 3.48. The fourth-order valence-corrected chi connectivity index (χ4v) is 4.88. The minimum atomic E-state index is -3.59. The van der Waals surface area contributed by atoms with Crippen LogP contribution in [0.2, 0.25) is 0 Å². The van der Waals surface area contributed by atoms with Gasteiger partial charge in [-0.3, -0.25) is 4.79 Å². The lowest BCUT2D eigenvalue weighted by atomic mass is 10.2. The molecule has 0 atom stereocenters. The molecule has 0 amide bonds. The van der Waals surface area contributed by atoms with Crippen LogP contribution in [0.1, 0.15) is 0 Å². The molecule has 8 heteroatoms. The molecule has 1 aromatic heterocycles. The van der Waals surface area contributed by atoms with E-state index >= 15 is 0 Å². The van der Waals surface area contributed by atoms with Gasteiger partial charge in [0.15, 0.2) is 0 Å². The number of aromatic amines is 1. The predicted molar refractivity (Wildman–Crippen MR) is 109 cm³/mol. The topological polar surface area (TPSA) is 82.7 Å². The maximum absolute atomic E-state index is 13.0. The Hall–Kier alpha value is -2.84. The van der Waals surface area contributed by atoms with E-state index in [2.05, 4.69) is 9.88 Å². The number of methoxy groups -OCH3 is 1. The van der Waals surface area contributed by atoms with Gasteiger partial charge in [0.25, 0.3) is 0 Å². The number of pyridine rings is 1. The lowest BCUT2D eigenvalue weighted by molar-refractivity contribution is 0.384. The van der Waals surface area contributed by atoms with Crippen LogP contribution in [0.25, 0.3) is 10.9 Å². The van der Waals surface area contributed by atoms with E-state index in [1.807, 2.05) is 24.3 Å². The number of nitrogens with zero attached hydrogens (tertiary/aromatic N) is 2. The van der Waals surface area contributed by atoms with Crippen molar-refractivity contribution in [3.63, 3.8) is 0 Å². The monoisotopic (exact) mass is 399 g/mol. The summed E-state index contributed by atoms with van der Waals surface area (Å²) >= 11 is 0. The Balaban J connectivity index is 1.51. The Kier molecular flexibility index (Phi) is 4.82. The molecule has 2 aromatic carbocycles. The van der Waals surface area contributed by atoms with E-state index < -0.39 is 10.0 Å². The zero-order valence-corrected chi connectivity index (χ0v) is 16.3. The lowest BCUT2D eigenvalue weighted by Crippen LogP contribution is -2.48. The third-order valence-corrected chi connectivity index (χ3v) is 6.90. The van der Waals surface area contributed by atoms with Gasteiger partial charge in [-0.2, -0.15) is 4.31 Å². The molecule has 146 valence electrons. The Labute approximate surface area is 163 Å². The molecule has 0 spiro atoms. The largest absolute Gasteiger partial charge is 0.497 e. The van der Waals surface area contributed by atoms with E-state index in [4.69, 9.17) is 4.74 Å². The molecule has 4 rings (SSSR count). The van der Waals surface area contributed by atoms with Crippen molar-refractivity contribution in [3.05, 3.63) is 65.0 Å². The highest BCUT2D eigenvalue weighted by Gasteiger charge is 2.28. The van der Waals surface area contributed by atoms with Gasteiger partial charge in [-0.1, -0.05) is 0 Å². The summed E-state index contributed by atoms with van der Waals surface area (Å²) in [6, 6.07) is 15.6. The first-order chi connectivity index (χ1) is 13.5. The van der Waals surface area contributed by atoms with E-state index in [9.17, 15) is 13.2 Å². The predicted octanol–water partition coefficient (Wildman–Crippen LogP) is 2.05. The average Bonchev–Trinajstić information content (AvgIpc) is 2.73. The number of benzene rings is 2. The van der Waals surface area contributed by atoms with E-state index in [0.29, 0.717) is 37.1 Å². The number of aromatic nitrogens is 1. The number of nitrogens with one attached hydrogen (secondary N) is 1. The SMILES string of the molecule is COc1ccc(N2CCN(S(=O)(=O)c3ccc4[nH]c(=O)ccc4c3)CC2)cc1. The van der Waals surface area contributed by atoms with Crippen molar-refractivity contribution in [2.45, 2.75) is 4.90 Å². The molecule has 1 N–H and O–H groups in total. The molecule has 1 aliphatic rings. The van der Waals surface area contributed by atoms with E-state index in [0.717, 1.165) is 11.4 Å². The average molecular weight is 399 g/mol. The molecule has 2 heterocycles. The third-order valence-electron chi connectivity index (χ3n) is 5.01. The number of hydrogen-bond acceptors (Lipinski definition) is 5. The fraction of sp³-hybridized carbons (Fsp3) is 0.250. The van der Waals surface area contributed by atoms with Gasteiger partial charge in [0.1, 0.15) is 5.75 Å². The van der Waals surface area contributed by atoms with Gasteiger partial charge >= 0.3 is 0 Å². The van der Waals surface area contributed by atoms with Crippen LogP contribution in [-0.4, -0.2) is 51.0 Å². The second-order valence-corrected chi connectivity index (χ2v) is 8.60. The van der Waals surface area contributed by atoms with Crippen LogP contribution in [0.5, 0.6) is 5.75 Å². The molecule has 3 aromatic rings. The number of hydrogen-bond donors (Lipinski definition) is 1. The van der Waals surface area contributed by atoms with Crippen LogP contribution in [0.4, 0.5) is 5.69 Å². The number of rotatable bonds is 4. The minimum Gasteiger partial charge on any atom is -0.497 e. The van der Waals surface area contributed by atoms with Gasteiger partial charge in [0.2, 0.25) is 15.6 Å². The van der Waals surface area contributed by atoms with Crippen molar-refractivity contribution in [1.29, 1.82) is 0 Å². The second-order valence-electron chi connectivity index (χ2n) is 6.66. The zero-order chi connectivity index (χ0) is 19.7. The second kappa shape index (κ2) is 7.29. The molecule has 0 saturated carbocycles. The number of piperazine rings is 1. The standard InChI is InChI=1S/C20H21N3O4S/c1-27-17-5-3-16(4-6-17)22-10-12-23(13-11-22)28(25,26)18-7-8-19-15(14-18)2-9-20(24)21-19/h2-9,14H,10-13H2,1H3,(H,21,24). The number of ether oxygens (including phenoxy) is 1. The van der Waals surface area contributed by atoms with Crippen LogP contribution in [0, 0.1) is 0 Å². The quantitative estimate of drug-likeness (QED) is 0.726. The number of anilines is 1. The summed E-state index contributed by atoms with van der Waals surface area (Å²) in [6.07, 6.45) is 0. The maximum atomic E-state index is 13.0. The zero-order valence-electron chi connectivity index (χ0n) is 15.5. The summed E-state index contributed by atoms with van der Waals surface area (Å²) < 4.78 is 32.8. The van der Waals surface area contributed by atoms with Crippen molar-refractivity contribution in [1.82, 2.24) is 9.29 Å². The summed E-state index contributed by atoms with van der Waals surface area (Å²) in [7, 11) is -1.96. The molecule has 0 radical (unpaired) electrons. The van der Waals surface area contributed by atoms with Gasteiger partial charge in [0.05, 0.1) is 12.0 Å². The number of sulfonamides is 1. The smallest absolute Gasteiger partial charge is 0.248 e. The molecular weight excluding hydrogens is 378 g/mol. The van der Waals surface area contributed by atoms with Crippen molar-refractivity contribution < 1.29 is 13.2 Å². The highest BCUT2D eigenvalue weighted by atomic mass is 32.2. The summed E-state index contributed by atoms with van der Waals surface area (Å²) in [6.45, 7) is 2.06. The summed E-state index contributed by atoms with van der Waals surface area (Å²) in [4.78, 5) is 16.5. The van der Waals surface area contributed by atoms with Crippen molar-refractivity contribution in [2.75, 3.05) is 38.2 Å². The van der Waals surface area contributed by atoms with Crippen molar-refractivity contribution in [3.8, 4) is 5.75 Å². The van der Waals surface area contributed by atoms with Gasteiger partial charge < -0.3 is 14.6 Å². The molecule has 1 aliphatic heterocycles. The maximum Gasteiger partial charge on any atom is 0.248 e. The van der Waals surface area contributed by atoms with Crippen LogP contribution in [-0.2, 0) is 10.0 Å². The number of H-pyrrole nitrogens is 1. The van der Waals surface area contributed by atoms with Crippen LogP contribution in [0.3, 0.4) is 0 Å². The first kappa shape index (κ1) is 18.5. The van der Waals surface area contributed by atoms with Gasteiger partial charge in [-0.15, -0.1) is 0 Å². The van der Waals surface area contributed by atoms with Gasteiger partial charge in [-0.05, 0) is 53.9 Å². The normalized spacial score (nSPS) is 15.7. The Bertz CT molecular complexity index is 1150. The molecular formula is C20H21N3O4S.